The van der Waals surface area contributed by atoms with Crippen LogP contribution in [-0.2, 0) is 9.53 Å². The number of hydrogen-bond donors (Lipinski definition) is 1. The Morgan fingerprint density at radius 1 is 1.13 bits per heavy atom. The van der Waals surface area contributed by atoms with Crippen molar-refractivity contribution in [3.05, 3.63) is 12.1 Å². The van der Waals surface area contributed by atoms with Crippen molar-refractivity contribution in [1.29, 1.82) is 0 Å². The van der Waals surface area contributed by atoms with Crippen molar-refractivity contribution in [2.24, 2.45) is 0 Å². The Morgan fingerprint density at radius 3 is 2.33 bits per heavy atom. The molecule has 0 bridgehead atoms. The summed E-state index contributed by atoms with van der Waals surface area (Å²) in [6.07, 6.45) is 0.836. The minimum absolute atomic E-state index is 0.0958. The number of amides is 1. The highest BCUT2D eigenvalue weighted by Crippen LogP contribution is 2.40. The Bertz CT molecular complexity index is 676. The first-order chi connectivity index (χ1) is 14.5. The van der Waals surface area contributed by atoms with E-state index >= 15 is 0 Å². The minimum atomic E-state index is -0.662. The second kappa shape index (κ2) is 10.7. The summed E-state index contributed by atoms with van der Waals surface area (Å²) in [4.78, 5) is 16.4. The van der Waals surface area contributed by atoms with Gasteiger partial charge in [0.15, 0.2) is 11.5 Å². The maximum absolute atomic E-state index is 12.4. The molecule has 1 aromatic rings. The zero-order chi connectivity index (χ0) is 21.5. The molecule has 9 nitrogen and oxygen atoms in total. The van der Waals surface area contributed by atoms with E-state index in [0.29, 0.717) is 49.2 Å². The van der Waals surface area contributed by atoms with Crippen LogP contribution in [0.3, 0.4) is 0 Å². The van der Waals surface area contributed by atoms with Crippen molar-refractivity contribution in [3.63, 3.8) is 0 Å². The highest BCUT2D eigenvalue weighted by atomic mass is 16.5. The molecular weight excluding hydrogens is 392 g/mol. The standard InChI is InChI=1S/C21H32N2O7/c1-26-18-11-16(12-19(27-2)20(18)28-3)30-14-15(24)13-22-6-8-23(9-7-22)21(25)17-5-4-10-29-17/h11-12,15,17,24H,4-10,13-14H2,1-3H3. The Morgan fingerprint density at radius 2 is 1.80 bits per heavy atom. The first-order valence-corrected chi connectivity index (χ1v) is 10.3. The van der Waals surface area contributed by atoms with Crippen LogP contribution in [0.5, 0.6) is 23.0 Å². The number of ether oxygens (including phenoxy) is 5. The minimum Gasteiger partial charge on any atom is -0.493 e. The van der Waals surface area contributed by atoms with E-state index in [-0.39, 0.29) is 18.6 Å². The van der Waals surface area contributed by atoms with Gasteiger partial charge in [-0.1, -0.05) is 0 Å². The molecular formula is C21H32N2O7. The molecule has 2 atom stereocenters. The molecule has 3 rings (SSSR count). The van der Waals surface area contributed by atoms with Crippen LogP contribution >= 0.6 is 0 Å². The van der Waals surface area contributed by atoms with Gasteiger partial charge in [0.1, 0.15) is 24.6 Å². The summed E-state index contributed by atoms with van der Waals surface area (Å²) >= 11 is 0. The second-order valence-corrected chi connectivity index (χ2v) is 7.45. The van der Waals surface area contributed by atoms with E-state index < -0.39 is 6.10 Å². The van der Waals surface area contributed by atoms with Gasteiger partial charge in [-0.15, -0.1) is 0 Å². The summed E-state index contributed by atoms with van der Waals surface area (Å²) in [6.45, 7) is 4.03. The zero-order valence-corrected chi connectivity index (χ0v) is 18.0. The average molecular weight is 424 g/mol. The smallest absolute Gasteiger partial charge is 0.251 e. The number of benzene rings is 1. The maximum Gasteiger partial charge on any atom is 0.251 e. The molecule has 0 spiro atoms. The molecule has 2 aliphatic rings. The topological polar surface area (TPSA) is 89.9 Å². The van der Waals surface area contributed by atoms with E-state index in [1.54, 1.807) is 33.5 Å². The zero-order valence-electron chi connectivity index (χ0n) is 18.0. The molecule has 9 heteroatoms. The maximum atomic E-state index is 12.4. The van der Waals surface area contributed by atoms with Crippen molar-refractivity contribution in [3.8, 4) is 23.0 Å². The fourth-order valence-electron chi connectivity index (χ4n) is 3.81. The Hall–Kier alpha value is -2.23. The molecule has 1 N–H and O–H groups in total. The van der Waals surface area contributed by atoms with E-state index in [0.717, 1.165) is 25.9 Å². The van der Waals surface area contributed by atoms with Crippen LogP contribution in [0.2, 0.25) is 0 Å². The molecule has 0 aliphatic carbocycles. The third kappa shape index (κ3) is 5.47. The lowest BCUT2D eigenvalue weighted by Crippen LogP contribution is -2.53. The number of piperazine rings is 1. The third-order valence-corrected chi connectivity index (χ3v) is 5.44. The van der Waals surface area contributed by atoms with Gasteiger partial charge in [-0.25, -0.2) is 0 Å². The lowest BCUT2D eigenvalue weighted by Gasteiger charge is -2.36. The summed E-state index contributed by atoms with van der Waals surface area (Å²) in [5.41, 5.74) is 0. The van der Waals surface area contributed by atoms with Gasteiger partial charge in [0.2, 0.25) is 5.75 Å². The van der Waals surface area contributed by atoms with Gasteiger partial charge >= 0.3 is 0 Å². The number of β-amino-alcohol motifs (C(OH)–C–C–N with tert-alkyl or cyclic N) is 1. The predicted molar refractivity (Wildman–Crippen MR) is 110 cm³/mol. The number of aliphatic hydroxyl groups is 1. The molecule has 2 saturated heterocycles. The van der Waals surface area contributed by atoms with Crippen LogP contribution in [0, 0.1) is 0 Å². The van der Waals surface area contributed by atoms with E-state index in [9.17, 15) is 9.90 Å². The van der Waals surface area contributed by atoms with Crippen LogP contribution in [0.4, 0.5) is 0 Å². The SMILES string of the molecule is COc1cc(OCC(O)CN2CCN(C(=O)C3CCCO3)CC2)cc(OC)c1OC. The van der Waals surface area contributed by atoms with E-state index in [1.165, 1.54) is 0 Å². The van der Waals surface area contributed by atoms with Crippen molar-refractivity contribution in [1.82, 2.24) is 9.80 Å². The highest BCUT2D eigenvalue weighted by molar-refractivity contribution is 5.81. The Labute approximate surface area is 177 Å². The van der Waals surface area contributed by atoms with E-state index in [4.69, 9.17) is 23.7 Å². The van der Waals surface area contributed by atoms with E-state index in [2.05, 4.69) is 4.90 Å². The van der Waals surface area contributed by atoms with Crippen LogP contribution in [0.15, 0.2) is 12.1 Å². The molecule has 2 fully saturated rings. The first kappa shape index (κ1) is 22.5. The number of aliphatic hydroxyl groups excluding tert-OH is 1. The van der Waals surface area contributed by atoms with Gasteiger partial charge in [0.25, 0.3) is 5.91 Å². The molecule has 0 saturated carbocycles. The lowest BCUT2D eigenvalue weighted by molar-refractivity contribution is -0.142. The van der Waals surface area contributed by atoms with E-state index in [1.807, 2.05) is 4.90 Å². The number of methoxy groups -OCH3 is 3. The molecule has 2 heterocycles. The summed E-state index contributed by atoms with van der Waals surface area (Å²) in [5.74, 6) is 2.10. The van der Waals surface area contributed by atoms with Gasteiger partial charge in [-0.05, 0) is 12.8 Å². The monoisotopic (exact) mass is 424 g/mol. The summed E-state index contributed by atoms with van der Waals surface area (Å²) in [7, 11) is 4.62. The number of carbonyl (C=O) groups is 1. The van der Waals surface area contributed by atoms with Gasteiger partial charge in [0.05, 0.1) is 21.3 Å². The molecule has 1 amide bonds. The van der Waals surface area contributed by atoms with Gasteiger partial charge in [-0.3, -0.25) is 9.69 Å². The lowest BCUT2D eigenvalue weighted by atomic mass is 10.2. The summed E-state index contributed by atoms with van der Waals surface area (Å²) in [5, 5.41) is 10.4. The fraction of sp³-hybridized carbons (Fsp3) is 0.667. The molecule has 30 heavy (non-hydrogen) atoms. The quantitative estimate of drug-likeness (QED) is 0.622. The largest absolute Gasteiger partial charge is 0.493 e. The first-order valence-electron chi connectivity index (χ1n) is 10.3. The molecule has 2 aliphatic heterocycles. The second-order valence-electron chi connectivity index (χ2n) is 7.45. The number of rotatable bonds is 9. The van der Waals surface area contributed by atoms with Crippen LogP contribution in [0.1, 0.15) is 12.8 Å². The van der Waals surface area contributed by atoms with Gasteiger partial charge in [0, 0.05) is 51.5 Å². The molecule has 168 valence electrons. The van der Waals surface area contributed by atoms with Crippen molar-refractivity contribution in [2.45, 2.75) is 25.0 Å². The normalized spacial score (nSPS) is 20.7. The van der Waals surface area contributed by atoms with Crippen molar-refractivity contribution >= 4 is 5.91 Å². The number of hydrogen-bond acceptors (Lipinski definition) is 8. The Balaban J connectivity index is 1.45. The summed E-state index contributed by atoms with van der Waals surface area (Å²) < 4.78 is 27.2. The highest BCUT2D eigenvalue weighted by Gasteiger charge is 2.30. The number of nitrogens with zero attached hydrogens (tertiary/aromatic N) is 2. The molecule has 0 radical (unpaired) electrons. The van der Waals surface area contributed by atoms with Crippen LogP contribution in [-0.4, -0.2) is 100 Å². The third-order valence-electron chi connectivity index (χ3n) is 5.44. The Kier molecular flexibility index (Phi) is 8.01. The van der Waals surface area contributed by atoms with Gasteiger partial charge in [-0.2, -0.15) is 0 Å². The molecule has 1 aromatic carbocycles. The van der Waals surface area contributed by atoms with Crippen molar-refractivity contribution in [2.75, 3.05) is 67.3 Å². The summed E-state index contributed by atoms with van der Waals surface area (Å²) in [6, 6.07) is 3.40. The number of carbonyl (C=O) groups excluding carboxylic acids is 1. The average Bonchev–Trinajstić information content (AvgIpc) is 3.31. The van der Waals surface area contributed by atoms with Gasteiger partial charge < -0.3 is 33.7 Å². The molecule has 2 unspecified atom stereocenters. The molecule has 0 aromatic heterocycles. The van der Waals surface area contributed by atoms with Crippen LogP contribution in [0.25, 0.3) is 0 Å². The fourth-order valence-corrected chi connectivity index (χ4v) is 3.81. The van der Waals surface area contributed by atoms with Crippen molar-refractivity contribution < 1.29 is 33.6 Å². The van der Waals surface area contributed by atoms with Crippen LogP contribution < -0.4 is 18.9 Å². The predicted octanol–water partition coefficient (Wildman–Crippen LogP) is 0.775.